The van der Waals surface area contributed by atoms with Crippen molar-refractivity contribution in [3.8, 4) is 11.1 Å². The number of carboxylic acids is 1. The second kappa shape index (κ2) is 8.22. The molecule has 1 aliphatic heterocycles. The number of alkyl halides is 3. The number of aliphatic carboxylic acids is 1. The first kappa shape index (κ1) is 22.0. The molecule has 1 aliphatic rings. The molecule has 0 amide bonds. The number of rotatable bonds is 1. The highest BCUT2D eigenvalue weighted by Crippen LogP contribution is 2.28. The molecule has 31 heavy (non-hydrogen) atoms. The van der Waals surface area contributed by atoms with Crippen molar-refractivity contribution in [2.75, 3.05) is 5.73 Å². The largest absolute Gasteiger partial charge is 0.562 e. The molecule has 0 atom stereocenters. The first-order chi connectivity index (χ1) is 14.5. The van der Waals surface area contributed by atoms with Gasteiger partial charge in [0, 0.05) is 16.2 Å². The maximum atomic E-state index is 11.4. The predicted octanol–water partition coefficient (Wildman–Crippen LogP) is 1.61. The Balaban J connectivity index is 0.000000339. The standard InChI is InChI=1S/C17H14BN3O3.C2HF3O2/c1-9-14-6-10(4-5-13(14)17(19)21-20-9)11-2-3-12-8-16(22)24-18(23)15(12)7-11;3-2(4,5)1(6)7/h2-7,23H,8H2,1H3,(H2,19,21);(H,6,7). The zero-order chi connectivity index (χ0) is 22.9. The summed E-state index contributed by atoms with van der Waals surface area (Å²) in [4.78, 5) is 20.3. The number of benzene rings is 2. The topological polar surface area (TPSA) is 136 Å². The van der Waals surface area contributed by atoms with Crippen molar-refractivity contribution >= 4 is 41.1 Å². The van der Waals surface area contributed by atoms with E-state index in [-0.39, 0.29) is 6.42 Å². The Hall–Kier alpha value is -3.67. The zero-order valence-electron chi connectivity index (χ0n) is 16.0. The molecule has 0 radical (unpaired) electrons. The summed E-state index contributed by atoms with van der Waals surface area (Å²) in [5.74, 6) is -2.78. The number of carbonyl (C=O) groups excluding carboxylic acids is 1. The molecule has 4 N–H and O–H groups in total. The fourth-order valence-corrected chi connectivity index (χ4v) is 3.03. The van der Waals surface area contributed by atoms with E-state index in [4.69, 9.17) is 20.3 Å². The van der Waals surface area contributed by atoms with E-state index in [1.165, 1.54) is 0 Å². The number of fused-ring (bicyclic) bond motifs is 2. The maximum absolute atomic E-state index is 11.4. The van der Waals surface area contributed by atoms with Gasteiger partial charge in [0.15, 0.2) is 5.82 Å². The van der Waals surface area contributed by atoms with Gasteiger partial charge in [-0.15, -0.1) is 5.10 Å². The summed E-state index contributed by atoms with van der Waals surface area (Å²) in [5.41, 5.74) is 9.97. The summed E-state index contributed by atoms with van der Waals surface area (Å²) in [6.07, 6.45) is -4.91. The molecule has 8 nitrogen and oxygen atoms in total. The third kappa shape index (κ3) is 4.74. The van der Waals surface area contributed by atoms with Gasteiger partial charge < -0.3 is 20.5 Å². The van der Waals surface area contributed by atoms with Crippen LogP contribution < -0.4 is 11.2 Å². The highest BCUT2D eigenvalue weighted by atomic mass is 19.4. The van der Waals surface area contributed by atoms with Crippen LogP contribution in [0.4, 0.5) is 19.0 Å². The number of hydrogen-bond acceptors (Lipinski definition) is 7. The Morgan fingerprint density at radius 1 is 1.13 bits per heavy atom. The number of carboxylic acid groups (broad SMARTS) is 1. The Morgan fingerprint density at radius 2 is 1.74 bits per heavy atom. The molecule has 0 spiro atoms. The van der Waals surface area contributed by atoms with Gasteiger partial charge in [-0.1, -0.05) is 24.3 Å². The van der Waals surface area contributed by atoms with Gasteiger partial charge in [-0.2, -0.15) is 18.3 Å². The van der Waals surface area contributed by atoms with Crippen molar-refractivity contribution in [3.63, 3.8) is 0 Å². The summed E-state index contributed by atoms with van der Waals surface area (Å²) in [5, 5.41) is 26.9. The molecule has 0 unspecified atom stereocenters. The number of anilines is 1. The fourth-order valence-electron chi connectivity index (χ4n) is 3.03. The number of aromatic nitrogens is 2. The van der Waals surface area contributed by atoms with Crippen LogP contribution in [0.15, 0.2) is 36.4 Å². The lowest BCUT2D eigenvalue weighted by molar-refractivity contribution is -0.192. The molecule has 12 heteroatoms. The molecule has 0 aliphatic carbocycles. The van der Waals surface area contributed by atoms with Crippen molar-refractivity contribution < 1.29 is 37.5 Å². The van der Waals surface area contributed by atoms with E-state index in [2.05, 4.69) is 10.2 Å². The second-order valence-corrected chi connectivity index (χ2v) is 6.67. The smallest absolute Gasteiger partial charge is 0.506 e. The average molecular weight is 433 g/mol. The van der Waals surface area contributed by atoms with Gasteiger partial charge >= 0.3 is 19.3 Å². The van der Waals surface area contributed by atoms with E-state index in [9.17, 15) is 23.0 Å². The van der Waals surface area contributed by atoms with Crippen molar-refractivity contribution in [1.82, 2.24) is 10.2 Å². The highest BCUT2D eigenvalue weighted by Gasteiger charge is 2.38. The Labute approximate surface area is 173 Å². The zero-order valence-corrected chi connectivity index (χ0v) is 16.0. The van der Waals surface area contributed by atoms with Crippen molar-refractivity contribution in [2.24, 2.45) is 0 Å². The molecule has 0 fully saturated rings. The van der Waals surface area contributed by atoms with Crippen LogP contribution in [0.3, 0.4) is 0 Å². The number of nitrogens with zero attached hydrogens (tertiary/aromatic N) is 2. The molecule has 0 bridgehead atoms. The summed E-state index contributed by atoms with van der Waals surface area (Å²) in [7, 11) is -1.22. The van der Waals surface area contributed by atoms with Crippen LogP contribution in [0.2, 0.25) is 0 Å². The van der Waals surface area contributed by atoms with Crippen LogP contribution in [0, 0.1) is 6.92 Å². The van der Waals surface area contributed by atoms with E-state index >= 15 is 0 Å². The third-order valence-electron chi connectivity index (χ3n) is 4.56. The Morgan fingerprint density at radius 3 is 2.39 bits per heavy atom. The number of carbonyl (C=O) groups is 2. The second-order valence-electron chi connectivity index (χ2n) is 6.67. The highest BCUT2D eigenvalue weighted by molar-refractivity contribution is 6.63. The minimum atomic E-state index is -5.08. The van der Waals surface area contributed by atoms with E-state index in [0.717, 1.165) is 33.2 Å². The molecule has 0 saturated carbocycles. The van der Waals surface area contributed by atoms with Crippen molar-refractivity contribution in [2.45, 2.75) is 19.5 Å². The fraction of sp³-hybridized carbons (Fsp3) is 0.158. The average Bonchev–Trinajstić information content (AvgIpc) is 2.70. The number of hydrogen-bond donors (Lipinski definition) is 3. The molecule has 2 aromatic carbocycles. The van der Waals surface area contributed by atoms with Gasteiger partial charge in [-0.05, 0) is 35.7 Å². The number of halogens is 3. The predicted molar refractivity (Wildman–Crippen MR) is 105 cm³/mol. The van der Waals surface area contributed by atoms with E-state index in [1.807, 2.05) is 43.3 Å². The lowest BCUT2D eigenvalue weighted by Crippen LogP contribution is -2.43. The number of nitrogens with two attached hydrogens (primary N) is 1. The van der Waals surface area contributed by atoms with E-state index in [0.29, 0.717) is 11.3 Å². The van der Waals surface area contributed by atoms with Crippen LogP contribution in [-0.2, 0) is 20.7 Å². The minimum Gasteiger partial charge on any atom is -0.506 e. The van der Waals surface area contributed by atoms with E-state index in [1.54, 1.807) is 0 Å². The molecule has 160 valence electrons. The summed E-state index contributed by atoms with van der Waals surface area (Å²) in [6.45, 7) is 1.88. The SMILES string of the molecule is Cc1nnc(N)c2ccc(-c3ccc4c(c3)B(O)OC(=O)C4)cc12.O=C(O)C(F)(F)F. The molecule has 2 heterocycles. The number of aryl methyl sites for hydroxylation is 1. The number of nitrogen functional groups attached to an aromatic ring is 1. The molecule has 0 saturated heterocycles. The van der Waals surface area contributed by atoms with Gasteiger partial charge in [-0.3, -0.25) is 4.79 Å². The quantitative estimate of drug-likeness (QED) is 0.493. The molecule has 3 aromatic rings. The van der Waals surface area contributed by atoms with Crippen molar-refractivity contribution in [1.29, 1.82) is 0 Å². The van der Waals surface area contributed by atoms with Gasteiger partial charge in [0.25, 0.3) is 5.97 Å². The van der Waals surface area contributed by atoms with Crippen LogP contribution in [0.1, 0.15) is 11.3 Å². The normalized spacial score (nSPS) is 13.2. The first-order valence-corrected chi connectivity index (χ1v) is 8.80. The summed E-state index contributed by atoms with van der Waals surface area (Å²) >= 11 is 0. The van der Waals surface area contributed by atoms with Gasteiger partial charge in [0.2, 0.25) is 0 Å². The maximum Gasteiger partial charge on any atom is 0.562 e. The van der Waals surface area contributed by atoms with E-state index < -0.39 is 25.2 Å². The first-order valence-electron chi connectivity index (χ1n) is 8.80. The Bertz CT molecular complexity index is 1190. The van der Waals surface area contributed by atoms with Gasteiger partial charge in [0.05, 0.1) is 12.1 Å². The van der Waals surface area contributed by atoms with Crippen LogP contribution in [0.25, 0.3) is 21.9 Å². The summed E-state index contributed by atoms with van der Waals surface area (Å²) < 4.78 is 36.6. The Kier molecular flexibility index (Phi) is 5.84. The molecular formula is C19H15BF3N3O5. The van der Waals surface area contributed by atoms with Gasteiger partial charge in [-0.25, -0.2) is 4.79 Å². The van der Waals surface area contributed by atoms with Crippen LogP contribution in [-0.4, -0.2) is 45.6 Å². The molecule has 4 rings (SSSR count). The third-order valence-corrected chi connectivity index (χ3v) is 4.56. The summed E-state index contributed by atoms with van der Waals surface area (Å²) in [6, 6.07) is 11.5. The minimum absolute atomic E-state index is 0.176. The lowest BCUT2D eigenvalue weighted by atomic mass is 9.72. The van der Waals surface area contributed by atoms with Crippen molar-refractivity contribution in [3.05, 3.63) is 47.7 Å². The van der Waals surface area contributed by atoms with Crippen LogP contribution >= 0.6 is 0 Å². The molecule has 1 aromatic heterocycles. The monoisotopic (exact) mass is 433 g/mol. The lowest BCUT2D eigenvalue weighted by Gasteiger charge is -2.19. The van der Waals surface area contributed by atoms with Crippen LogP contribution in [0.5, 0.6) is 0 Å². The molecular weight excluding hydrogens is 418 g/mol. The van der Waals surface area contributed by atoms with Gasteiger partial charge in [0.1, 0.15) is 0 Å².